The molecule has 1 aliphatic rings. The molecule has 0 amide bonds. The molecule has 0 saturated heterocycles. The van der Waals surface area contributed by atoms with Crippen LogP contribution in [0.1, 0.15) is 5.56 Å². The molecule has 0 radical (unpaired) electrons. The van der Waals surface area contributed by atoms with Gasteiger partial charge < -0.3 is 5.73 Å². The number of hydrogen-bond acceptors (Lipinski definition) is 6. The van der Waals surface area contributed by atoms with E-state index in [1.807, 2.05) is 18.2 Å². The van der Waals surface area contributed by atoms with E-state index in [-0.39, 0.29) is 6.17 Å². The van der Waals surface area contributed by atoms with E-state index in [0.717, 1.165) is 15.7 Å². The molecule has 0 bridgehead atoms. The normalized spacial score (nSPS) is 18.6. The Morgan fingerprint density at radius 2 is 2.44 bits per heavy atom. The second-order valence-electron chi connectivity index (χ2n) is 3.22. The van der Waals surface area contributed by atoms with Gasteiger partial charge in [0.2, 0.25) is 0 Å². The molecule has 0 fully saturated rings. The SMILES string of the molecule is NCc1cc(N2N=NNC2C=S)ccc1Br. The molecule has 0 aromatic heterocycles. The van der Waals surface area contributed by atoms with Crippen LogP contribution in [0.25, 0.3) is 0 Å². The van der Waals surface area contributed by atoms with Gasteiger partial charge >= 0.3 is 0 Å². The number of nitrogens with two attached hydrogens (primary N) is 1. The summed E-state index contributed by atoms with van der Waals surface area (Å²) >= 11 is 8.33. The average Bonchev–Trinajstić information content (AvgIpc) is 2.78. The van der Waals surface area contributed by atoms with Crippen molar-refractivity contribution < 1.29 is 0 Å². The second-order valence-corrected chi connectivity index (χ2v) is 4.35. The first-order chi connectivity index (χ1) is 7.76. The van der Waals surface area contributed by atoms with Crippen LogP contribution in [0.3, 0.4) is 0 Å². The van der Waals surface area contributed by atoms with Crippen molar-refractivity contribution in [1.82, 2.24) is 5.43 Å². The van der Waals surface area contributed by atoms with Gasteiger partial charge in [-0.3, -0.25) is 5.43 Å². The molecule has 7 heteroatoms. The zero-order valence-corrected chi connectivity index (χ0v) is 10.7. The summed E-state index contributed by atoms with van der Waals surface area (Å²) in [5.74, 6) is 0. The minimum absolute atomic E-state index is 0.179. The van der Waals surface area contributed by atoms with Crippen LogP contribution < -0.4 is 16.2 Å². The molecule has 2 rings (SSSR count). The highest BCUT2D eigenvalue weighted by molar-refractivity contribution is 9.10. The number of hydrogen-bond donors (Lipinski definition) is 2. The Hall–Kier alpha value is -1.05. The lowest BCUT2D eigenvalue weighted by Crippen LogP contribution is -2.35. The lowest BCUT2D eigenvalue weighted by molar-refractivity contribution is 0.730. The van der Waals surface area contributed by atoms with E-state index in [1.165, 1.54) is 0 Å². The Labute approximate surface area is 107 Å². The first kappa shape index (κ1) is 11.4. The summed E-state index contributed by atoms with van der Waals surface area (Å²) in [5.41, 5.74) is 10.3. The molecule has 0 saturated carbocycles. The quantitative estimate of drug-likeness (QED) is 0.837. The smallest absolute Gasteiger partial charge is 0.168 e. The van der Waals surface area contributed by atoms with Crippen LogP contribution in [0.15, 0.2) is 33.1 Å². The number of thiocarbonyl (C=S) groups is 1. The fourth-order valence-electron chi connectivity index (χ4n) is 1.40. The van der Waals surface area contributed by atoms with Gasteiger partial charge in [0.15, 0.2) is 6.17 Å². The monoisotopic (exact) mass is 299 g/mol. The lowest BCUT2D eigenvalue weighted by Gasteiger charge is -2.18. The molecule has 1 heterocycles. The first-order valence-corrected chi connectivity index (χ1v) is 5.92. The second kappa shape index (κ2) is 4.86. The van der Waals surface area contributed by atoms with Gasteiger partial charge in [-0.1, -0.05) is 33.4 Å². The van der Waals surface area contributed by atoms with Crippen molar-refractivity contribution in [3.63, 3.8) is 0 Å². The van der Waals surface area contributed by atoms with E-state index < -0.39 is 0 Å². The third kappa shape index (κ3) is 2.06. The van der Waals surface area contributed by atoms with Gasteiger partial charge in [0.05, 0.1) is 5.69 Å². The van der Waals surface area contributed by atoms with Crippen molar-refractivity contribution in [2.45, 2.75) is 12.7 Å². The number of halogens is 1. The summed E-state index contributed by atoms with van der Waals surface area (Å²) in [4.78, 5) is 0. The van der Waals surface area contributed by atoms with Crippen molar-refractivity contribution in [3.8, 4) is 0 Å². The van der Waals surface area contributed by atoms with E-state index in [4.69, 9.17) is 18.0 Å². The van der Waals surface area contributed by atoms with Crippen molar-refractivity contribution in [3.05, 3.63) is 28.2 Å². The van der Waals surface area contributed by atoms with Crippen LogP contribution in [0.2, 0.25) is 0 Å². The molecule has 1 atom stereocenters. The molecule has 3 N–H and O–H groups in total. The topological polar surface area (TPSA) is 66.0 Å². The molecule has 5 nitrogen and oxygen atoms in total. The molecule has 0 spiro atoms. The highest BCUT2D eigenvalue weighted by atomic mass is 79.9. The zero-order valence-electron chi connectivity index (χ0n) is 8.30. The summed E-state index contributed by atoms with van der Waals surface area (Å²) < 4.78 is 0.988. The van der Waals surface area contributed by atoms with Crippen LogP contribution in [0, 0.1) is 0 Å². The van der Waals surface area contributed by atoms with Gasteiger partial charge in [0.1, 0.15) is 0 Å². The molecular weight excluding hydrogens is 290 g/mol. The van der Waals surface area contributed by atoms with E-state index in [2.05, 4.69) is 31.8 Å². The third-order valence-corrected chi connectivity index (χ3v) is 3.27. The van der Waals surface area contributed by atoms with Gasteiger partial charge in [-0.05, 0) is 29.0 Å². The van der Waals surface area contributed by atoms with E-state index in [0.29, 0.717) is 6.54 Å². The molecule has 84 valence electrons. The van der Waals surface area contributed by atoms with Crippen LogP contribution in [-0.4, -0.2) is 11.5 Å². The van der Waals surface area contributed by atoms with E-state index >= 15 is 0 Å². The lowest BCUT2D eigenvalue weighted by atomic mass is 10.2. The minimum Gasteiger partial charge on any atom is -0.326 e. The van der Waals surface area contributed by atoms with E-state index in [1.54, 1.807) is 10.4 Å². The summed E-state index contributed by atoms with van der Waals surface area (Å²) in [5, 5.41) is 11.0. The molecule has 1 unspecified atom stereocenters. The van der Waals surface area contributed by atoms with Crippen LogP contribution in [-0.2, 0) is 6.54 Å². The highest BCUT2D eigenvalue weighted by Gasteiger charge is 2.21. The predicted octanol–water partition coefficient (Wildman–Crippen LogP) is 1.93. The largest absolute Gasteiger partial charge is 0.326 e. The Kier molecular flexibility index (Phi) is 3.47. The standard InChI is InChI=1S/C9H10BrN5S/c10-8-2-1-7(3-6(8)4-11)15-9(5-16)12-13-14-15/h1-3,5,9H,4,11H2,(H,12,14). The minimum atomic E-state index is -0.179. The predicted molar refractivity (Wildman–Crippen MR) is 69.9 cm³/mol. The maximum atomic E-state index is 5.64. The summed E-state index contributed by atoms with van der Waals surface area (Å²) in [6.07, 6.45) is -0.179. The fourth-order valence-corrected chi connectivity index (χ4v) is 1.99. The highest BCUT2D eigenvalue weighted by Crippen LogP contribution is 2.25. The van der Waals surface area contributed by atoms with Crippen LogP contribution in [0.4, 0.5) is 5.69 Å². The number of anilines is 1. The first-order valence-electron chi connectivity index (χ1n) is 4.65. The number of nitrogens with zero attached hydrogens (tertiary/aromatic N) is 3. The Bertz CT molecular complexity index is 436. The Balaban J connectivity index is 2.33. The van der Waals surface area contributed by atoms with Gasteiger partial charge in [-0.25, -0.2) is 5.01 Å². The van der Waals surface area contributed by atoms with Gasteiger partial charge in [-0.15, -0.1) is 0 Å². The van der Waals surface area contributed by atoms with Crippen molar-refractivity contribution in [2.24, 2.45) is 16.2 Å². The summed E-state index contributed by atoms with van der Waals surface area (Å²) in [6.45, 7) is 0.467. The molecular formula is C9H10BrN5S. The fraction of sp³-hybridized carbons (Fsp3) is 0.222. The molecule has 1 aromatic carbocycles. The van der Waals surface area contributed by atoms with Gasteiger partial charge in [0, 0.05) is 16.4 Å². The Morgan fingerprint density at radius 3 is 3.12 bits per heavy atom. The van der Waals surface area contributed by atoms with Crippen LogP contribution in [0.5, 0.6) is 0 Å². The molecule has 1 aliphatic heterocycles. The van der Waals surface area contributed by atoms with Crippen molar-refractivity contribution in [1.29, 1.82) is 0 Å². The molecule has 16 heavy (non-hydrogen) atoms. The molecule has 0 aliphatic carbocycles. The number of benzene rings is 1. The van der Waals surface area contributed by atoms with Crippen molar-refractivity contribution in [2.75, 3.05) is 5.01 Å². The third-order valence-electron chi connectivity index (χ3n) is 2.24. The van der Waals surface area contributed by atoms with Gasteiger partial charge in [0.25, 0.3) is 0 Å². The maximum absolute atomic E-state index is 5.64. The number of nitrogens with one attached hydrogen (secondary N) is 1. The Morgan fingerprint density at radius 1 is 1.62 bits per heavy atom. The van der Waals surface area contributed by atoms with E-state index in [9.17, 15) is 0 Å². The maximum Gasteiger partial charge on any atom is 0.168 e. The average molecular weight is 300 g/mol. The van der Waals surface area contributed by atoms with Crippen molar-refractivity contribution >= 4 is 39.2 Å². The summed E-state index contributed by atoms with van der Waals surface area (Å²) in [7, 11) is 0. The van der Waals surface area contributed by atoms with Crippen LogP contribution >= 0.6 is 28.1 Å². The molecule has 1 aromatic rings. The zero-order chi connectivity index (χ0) is 11.5. The summed E-state index contributed by atoms with van der Waals surface area (Å²) in [6, 6.07) is 5.83. The number of rotatable bonds is 3. The van der Waals surface area contributed by atoms with Gasteiger partial charge in [-0.2, -0.15) is 0 Å².